The Kier molecular flexibility index (Phi) is 3.27. The number of alkyl halides is 1. The lowest BCUT2D eigenvalue weighted by molar-refractivity contribution is -0.0621. The Balaban J connectivity index is 2.46. The van der Waals surface area contributed by atoms with Crippen LogP contribution >= 0.6 is 11.6 Å². The summed E-state index contributed by atoms with van der Waals surface area (Å²) in [6, 6.07) is 4.52. The standard InChI is InChI=1S/C14H19ClO/c1-10-6-11(2)13(12(3)7-10)14(4-5-15)8-16-9-14/h6-7H,4-5,8-9H2,1-3H3. The SMILES string of the molecule is Cc1cc(C)c(C2(CCCl)COC2)c(C)c1. The summed E-state index contributed by atoms with van der Waals surface area (Å²) < 4.78 is 5.43. The zero-order valence-electron chi connectivity index (χ0n) is 10.3. The highest BCUT2D eigenvalue weighted by Crippen LogP contribution is 2.40. The van der Waals surface area contributed by atoms with Crippen molar-refractivity contribution in [1.29, 1.82) is 0 Å². The Morgan fingerprint density at radius 3 is 2.12 bits per heavy atom. The van der Waals surface area contributed by atoms with Crippen molar-refractivity contribution in [2.24, 2.45) is 0 Å². The second-order valence-electron chi connectivity index (χ2n) is 4.99. The van der Waals surface area contributed by atoms with Crippen LogP contribution in [0.15, 0.2) is 12.1 Å². The molecule has 1 nitrogen and oxygen atoms in total. The van der Waals surface area contributed by atoms with Gasteiger partial charge >= 0.3 is 0 Å². The molecular weight excluding hydrogens is 220 g/mol. The van der Waals surface area contributed by atoms with Gasteiger partial charge in [-0.15, -0.1) is 11.6 Å². The highest BCUT2D eigenvalue weighted by molar-refractivity contribution is 6.17. The lowest BCUT2D eigenvalue weighted by Gasteiger charge is -2.43. The zero-order chi connectivity index (χ0) is 11.8. The molecule has 1 heterocycles. The van der Waals surface area contributed by atoms with Crippen molar-refractivity contribution in [3.05, 3.63) is 34.4 Å². The van der Waals surface area contributed by atoms with E-state index in [4.69, 9.17) is 16.3 Å². The van der Waals surface area contributed by atoms with Crippen LogP contribution < -0.4 is 0 Å². The third-order valence-corrected chi connectivity index (χ3v) is 3.73. The molecule has 1 aliphatic rings. The highest BCUT2D eigenvalue weighted by Gasteiger charge is 2.41. The van der Waals surface area contributed by atoms with Crippen LogP contribution in [0.25, 0.3) is 0 Å². The summed E-state index contributed by atoms with van der Waals surface area (Å²) in [5, 5.41) is 0. The summed E-state index contributed by atoms with van der Waals surface area (Å²) in [6.07, 6.45) is 1.01. The molecule has 1 aromatic carbocycles. The van der Waals surface area contributed by atoms with E-state index >= 15 is 0 Å². The zero-order valence-corrected chi connectivity index (χ0v) is 11.0. The summed E-state index contributed by atoms with van der Waals surface area (Å²) in [5.74, 6) is 0.704. The summed E-state index contributed by atoms with van der Waals surface area (Å²) in [4.78, 5) is 0. The molecule has 2 heteroatoms. The highest BCUT2D eigenvalue weighted by atomic mass is 35.5. The molecule has 2 rings (SSSR count). The monoisotopic (exact) mass is 238 g/mol. The van der Waals surface area contributed by atoms with Crippen LogP contribution in [0.3, 0.4) is 0 Å². The maximum absolute atomic E-state index is 5.93. The Labute approximate surface area is 103 Å². The van der Waals surface area contributed by atoms with Gasteiger partial charge in [-0.1, -0.05) is 17.7 Å². The summed E-state index contributed by atoms with van der Waals surface area (Å²) >= 11 is 5.93. The van der Waals surface area contributed by atoms with Gasteiger partial charge < -0.3 is 4.74 Å². The number of benzene rings is 1. The first-order valence-corrected chi connectivity index (χ1v) is 6.34. The first-order chi connectivity index (χ1) is 7.59. The lowest BCUT2D eigenvalue weighted by atomic mass is 9.72. The molecule has 0 aromatic heterocycles. The lowest BCUT2D eigenvalue weighted by Crippen LogP contribution is -2.48. The fourth-order valence-electron chi connectivity index (χ4n) is 2.96. The number of rotatable bonds is 3. The number of hydrogen-bond donors (Lipinski definition) is 0. The summed E-state index contributed by atoms with van der Waals surface area (Å²) in [5.41, 5.74) is 5.74. The van der Waals surface area contributed by atoms with E-state index < -0.39 is 0 Å². The van der Waals surface area contributed by atoms with Crippen LogP contribution in [-0.4, -0.2) is 19.1 Å². The Hall–Kier alpha value is -0.530. The fraction of sp³-hybridized carbons (Fsp3) is 0.571. The minimum absolute atomic E-state index is 0.184. The average molecular weight is 239 g/mol. The minimum Gasteiger partial charge on any atom is -0.379 e. The topological polar surface area (TPSA) is 9.23 Å². The molecule has 0 amide bonds. The van der Waals surface area contributed by atoms with E-state index in [9.17, 15) is 0 Å². The number of halogens is 1. The molecule has 0 saturated carbocycles. The van der Waals surface area contributed by atoms with E-state index in [2.05, 4.69) is 32.9 Å². The molecule has 0 aliphatic carbocycles. The van der Waals surface area contributed by atoms with Gasteiger partial charge in [0.25, 0.3) is 0 Å². The molecule has 0 radical (unpaired) electrons. The van der Waals surface area contributed by atoms with Crippen LogP contribution in [0, 0.1) is 20.8 Å². The second-order valence-corrected chi connectivity index (χ2v) is 5.36. The quantitative estimate of drug-likeness (QED) is 0.733. The van der Waals surface area contributed by atoms with Crippen LogP contribution in [0.2, 0.25) is 0 Å². The molecule has 0 N–H and O–H groups in total. The normalized spacial score (nSPS) is 18.2. The van der Waals surface area contributed by atoms with Gasteiger partial charge in [-0.2, -0.15) is 0 Å². The molecule has 0 bridgehead atoms. The third-order valence-electron chi connectivity index (χ3n) is 3.54. The predicted octanol–water partition coefficient (Wildman–Crippen LogP) is 3.51. The van der Waals surface area contributed by atoms with E-state index in [1.165, 1.54) is 22.3 Å². The average Bonchev–Trinajstić information content (AvgIpc) is 2.12. The van der Waals surface area contributed by atoms with Gasteiger partial charge in [0.05, 0.1) is 13.2 Å². The fourth-order valence-corrected chi connectivity index (χ4v) is 3.32. The van der Waals surface area contributed by atoms with Crippen molar-refractivity contribution in [2.75, 3.05) is 19.1 Å². The molecule has 88 valence electrons. The van der Waals surface area contributed by atoms with E-state index in [0.717, 1.165) is 19.6 Å². The Bertz CT molecular complexity index is 371. The van der Waals surface area contributed by atoms with Gasteiger partial charge in [0.1, 0.15) is 0 Å². The van der Waals surface area contributed by atoms with E-state index in [-0.39, 0.29) is 5.41 Å². The van der Waals surface area contributed by atoms with Gasteiger partial charge in [-0.05, 0) is 43.9 Å². The van der Waals surface area contributed by atoms with Crippen molar-refractivity contribution in [2.45, 2.75) is 32.6 Å². The van der Waals surface area contributed by atoms with Gasteiger partial charge in [0, 0.05) is 11.3 Å². The minimum atomic E-state index is 0.184. The molecule has 0 atom stereocenters. The van der Waals surface area contributed by atoms with Crippen LogP contribution in [0.5, 0.6) is 0 Å². The summed E-state index contributed by atoms with van der Waals surface area (Å²) in [7, 11) is 0. The number of ether oxygens (including phenoxy) is 1. The van der Waals surface area contributed by atoms with Gasteiger partial charge in [0.2, 0.25) is 0 Å². The number of hydrogen-bond acceptors (Lipinski definition) is 1. The van der Waals surface area contributed by atoms with Crippen molar-refractivity contribution < 1.29 is 4.74 Å². The largest absolute Gasteiger partial charge is 0.379 e. The van der Waals surface area contributed by atoms with E-state index in [1.807, 2.05) is 0 Å². The van der Waals surface area contributed by atoms with Crippen LogP contribution in [0.1, 0.15) is 28.7 Å². The maximum atomic E-state index is 5.93. The van der Waals surface area contributed by atoms with Gasteiger partial charge in [0.15, 0.2) is 0 Å². The Morgan fingerprint density at radius 2 is 1.75 bits per heavy atom. The molecule has 0 spiro atoms. The van der Waals surface area contributed by atoms with Gasteiger partial charge in [-0.3, -0.25) is 0 Å². The van der Waals surface area contributed by atoms with E-state index in [0.29, 0.717) is 5.88 Å². The molecular formula is C14H19ClO. The van der Waals surface area contributed by atoms with Crippen LogP contribution in [-0.2, 0) is 10.2 Å². The predicted molar refractivity (Wildman–Crippen MR) is 68.5 cm³/mol. The number of aryl methyl sites for hydroxylation is 3. The van der Waals surface area contributed by atoms with Crippen molar-refractivity contribution in [3.8, 4) is 0 Å². The van der Waals surface area contributed by atoms with Crippen molar-refractivity contribution in [1.82, 2.24) is 0 Å². The molecule has 1 aliphatic heterocycles. The van der Waals surface area contributed by atoms with Crippen molar-refractivity contribution in [3.63, 3.8) is 0 Å². The first-order valence-electron chi connectivity index (χ1n) is 5.81. The van der Waals surface area contributed by atoms with Crippen LogP contribution in [0.4, 0.5) is 0 Å². The molecule has 1 aromatic rings. The second kappa shape index (κ2) is 4.38. The van der Waals surface area contributed by atoms with Crippen molar-refractivity contribution >= 4 is 11.6 Å². The third kappa shape index (κ3) is 1.87. The van der Waals surface area contributed by atoms with E-state index in [1.54, 1.807) is 0 Å². The Morgan fingerprint density at radius 1 is 1.19 bits per heavy atom. The summed E-state index contributed by atoms with van der Waals surface area (Å²) in [6.45, 7) is 8.19. The molecule has 1 fully saturated rings. The molecule has 1 saturated heterocycles. The smallest absolute Gasteiger partial charge is 0.0586 e. The maximum Gasteiger partial charge on any atom is 0.0586 e. The molecule has 0 unspecified atom stereocenters. The van der Waals surface area contributed by atoms with Gasteiger partial charge in [-0.25, -0.2) is 0 Å². The first kappa shape index (κ1) is 11.9. The molecule has 16 heavy (non-hydrogen) atoms.